The summed E-state index contributed by atoms with van der Waals surface area (Å²) in [6.45, 7) is 1.64. The second kappa shape index (κ2) is 11.7. The fraction of sp³-hybridized carbons (Fsp3) is 1.00. The fourth-order valence-electron chi connectivity index (χ4n) is 3.92. The maximum absolute atomic E-state index is 10.1. The van der Waals surface area contributed by atoms with Gasteiger partial charge in [0.25, 0.3) is 0 Å². The van der Waals surface area contributed by atoms with E-state index in [4.69, 9.17) is 0 Å². The van der Waals surface area contributed by atoms with Crippen molar-refractivity contribution in [2.75, 3.05) is 24.6 Å². The van der Waals surface area contributed by atoms with Crippen molar-refractivity contribution < 1.29 is 20.8 Å². The van der Waals surface area contributed by atoms with Gasteiger partial charge in [-0.2, -0.15) is 11.8 Å². The molecule has 2 aliphatic carbocycles. The van der Waals surface area contributed by atoms with E-state index in [0.717, 1.165) is 36.7 Å². The lowest BCUT2D eigenvalue weighted by molar-refractivity contribution is -0.696. The molecule has 0 aliphatic heterocycles. The van der Waals surface area contributed by atoms with Crippen molar-refractivity contribution in [2.24, 2.45) is 0 Å². The van der Waals surface area contributed by atoms with Gasteiger partial charge in [-0.15, -0.1) is 0 Å². The van der Waals surface area contributed by atoms with E-state index in [0.29, 0.717) is 0 Å². The Hall–Kier alpha value is 0.190. The van der Waals surface area contributed by atoms with Crippen LogP contribution in [-0.2, 0) is 0 Å². The zero-order valence-electron chi connectivity index (χ0n) is 14.7. The van der Waals surface area contributed by atoms with Crippen molar-refractivity contribution in [3.63, 3.8) is 0 Å². The highest BCUT2D eigenvalue weighted by atomic mass is 32.2. The van der Waals surface area contributed by atoms with Crippen LogP contribution in [0.3, 0.4) is 0 Å². The third kappa shape index (κ3) is 8.73. The van der Waals surface area contributed by atoms with Crippen LogP contribution in [0.1, 0.15) is 64.2 Å². The van der Waals surface area contributed by atoms with E-state index < -0.39 is 0 Å². The van der Waals surface area contributed by atoms with Crippen molar-refractivity contribution in [3.05, 3.63) is 0 Å². The van der Waals surface area contributed by atoms with E-state index in [-0.39, 0.29) is 12.2 Å². The van der Waals surface area contributed by atoms with E-state index in [1.54, 1.807) is 11.8 Å². The lowest BCUT2D eigenvalue weighted by Gasteiger charge is -2.22. The van der Waals surface area contributed by atoms with Gasteiger partial charge in [-0.1, -0.05) is 12.8 Å². The van der Waals surface area contributed by atoms with Crippen LogP contribution < -0.4 is 10.6 Å². The lowest BCUT2D eigenvalue weighted by Crippen LogP contribution is -2.92. The first-order valence-corrected chi connectivity index (χ1v) is 11.0. The molecule has 0 spiro atoms. The quantitative estimate of drug-likeness (QED) is 0.458. The monoisotopic (exact) mass is 346 g/mol. The van der Waals surface area contributed by atoms with Crippen molar-refractivity contribution >= 4 is 11.8 Å². The van der Waals surface area contributed by atoms with Crippen molar-refractivity contribution in [2.45, 2.75) is 88.5 Å². The molecule has 6 N–H and O–H groups in total. The first-order valence-electron chi connectivity index (χ1n) is 9.84. The summed E-state index contributed by atoms with van der Waals surface area (Å²) in [5, 5.41) is 24.9. The lowest BCUT2D eigenvalue weighted by atomic mass is 9.95. The molecule has 2 rings (SSSR count). The summed E-state index contributed by atoms with van der Waals surface area (Å²) in [7, 11) is 0. The molecule has 0 heterocycles. The number of hydrogen-bond acceptors (Lipinski definition) is 3. The number of quaternary nitrogens is 2. The Balaban J connectivity index is 1.44. The summed E-state index contributed by atoms with van der Waals surface area (Å²) in [5.74, 6) is 1.51. The molecule has 0 saturated heterocycles. The number of aliphatic hydroxyl groups is 2. The topological polar surface area (TPSA) is 73.7 Å². The molecule has 0 bridgehead atoms. The van der Waals surface area contributed by atoms with E-state index >= 15 is 0 Å². The predicted octanol–water partition coefficient (Wildman–Crippen LogP) is 0.234. The Labute approximate surface area is 146 Å². The Morgan fingerprint density at radius 1 is 0.696 bits per heavy atom. The van der Waals surface area contributed by atoms with E-state index in [2.05, 4.69) is 10.6 Å². The summed E-state index contributed by atoms with van der Waals surface area (Å²) >= 11 is 1.70. The Morgan fingerprint density at radius 3 is 1.48 bits per heavy atom. The van der Waals surface area contributed by atoms with Crippen LogP contribution in [0.5, 0.6) is 0 Å². The number of nitrogens with two attached hydrogens (primary N) is 2. The van der Waals surface area contributed by atoms with Gasteiger partial charge in [0, 0.05) is 11.5 Å². The molecule has 0 aromatic rings. The largest absolute Gasteiger partial charge is 0.386 e. The van der Waals surface area contributed by atoms with E-state index in [1.165, 1.54) is 64.2 Å². The van der Waals surface area contributed by atoms with E-state index in [9.17, 15) is 10.2 Å². The molecule has 0 aromatic carbocycles. The first kappa shape index (κ1) is 19.5. The van der Waals surface area contributed by atoms with Crippen LogP contribution in [0.2, 0.25) is 0 Å². The van der Waals surface area contributed by atoms with Gasteiger partial charge in [-0.3, -0.25) is 0 Å². The van der Waals surface area contributed by atoms with Crippen LogP contribution in [0.4, 0.5) is 0 Å². The summed E-state index contributed by atoms with van der Waals surface area (Å²) < 4.78 is 0. The second-order valence-electron chi connectivity index (χ2n) is 7.58. The maximum Gasteiger partial charge on any atom is 0.112 e. The molecule has 2 atom stereocenters. The molecule has 2 saturated carbocycles. The van der Waals surface area contributed by atoms with Gasteiger partial charge in [0.15, 0.2) is 0 Å². The number of rotatable bonds is 10. The molecule has 5 heteroatoms. The highest BCUT2D eigenvalue weighted by molar-refractivity contribution is 7.99. The molecule has 0 radical (unpaired) electrons. The van der Waals surface area contributed by atoms with Gasteiger partial charge in [0.1, 0.15) is 25.3 Å². The molecule has 136 valence electrons. The minimum atomic E-state index is -0.239. The summed E-state index contributed by atoms with van der Waals surface area (Å²) in [5.41, 5.74) is 0. The van der Waals surface area contributed by atoms with Crippen molar-refractivity contribution in [1.29, 1.82) is 0 Å². The number of aliphatic hydroxyl groups excluding tert-OH is 2. The number of thioether (sulfide) groups is 1. The first-order chi connectivity index (χ1) is 11.2. The van der Waals surface area contributed by atoms with Gasteiger partial charge in [0.05, 0.1) is 12.1 Å². The van der Waals surface area contributed by atoms with Gasteiger partial charge in [-0.05, 0) is 51.4 Å². The molecular formula is C18H38N2O2S+2. The van der Waals surface area contributed by atoms with Crippen molar-refractivity contribution in [1.82, 2.24) is 0 Å². The molecule has 0 aromatic heterocycles. The van der Waals surface area contributed by atoms with E-state index in [1.807, 2.05) is 0 Å². The number of hydrogen-bond donors (Lipinski definition) is 4. The van der Waals surface area contributed by atoms with Crippen LogP contribution in [0.25, 0.3) is 0 Å². The van der Waals surface area contributed by atoms with Crippen molar-refractivity contribution in [3.8, 4) is 0 Å². The molecule has 2 fully saturated rings. The molecule has 4 nitrogen and oxygen atoms in total. The average Bonchev–Trinajstić information content (AvgIpc) is 2.60. The Kier molecular flexibility index (Phi) is 9.92. The Morgan fingerprint density at radius 2 is 1.09 bits per heavy atom. The van der Waals surface area contributed by atoms with Gasteiger partial charge < -0.3 is 20.8 Å². The highest BCUT2D eigenvalue weighted by Gasteiger charge is 2.19. The highest BCUT2D eigenvalue weighted by Crippen LogP contribution is 2.15. The molecule has 0 unspecified atom stereocenters. The van der Waals surface area contributed by atoms with Gasteiger partial charge >= 0.3 is 0 Å². The SMILES string of the molecule is O[C@H](C[NH2+]C1CCCCC1)CSC[C@H](O)C[NH2+]C1CCCCC1. The van der Waals surface area contributed by atoms with Gasteiger partial charge in [-0.25, -0.2) is 0 Å². The van der Waals surface area contributed by atoms with Crippen LogP contribution >= 0.6 is 11.8 Å². The van der Waals surface area contributed by atoms with Crippen LogP contribution in [-0.4, -0.2) is 59.1 Å². The predicted molar refractivity (Wildman–Crippen MR) is 96.7 cm³/mol. The Bertz CT molecular complexity index is 267. The zero-order chi connectivity index (χ0) is 16.3. The standard InChI is InChI=1S/C18H36N2O2S/c21-17(11-19-15-7-3-1-4-8-15)13-23-14-18(22)12-20-16-9-5-2-6-10-16/h15-22H,1-14H2/p+2/t17-,18-/m1/s1. The minimum Gasteiger partial charge on any atom is -0.386 e. The summed E-state index contributed by atoms with van der Waals surface area (Å²) in [6, 6.07) is 1.47. The fourth-order valence-corrected chi connectivity index (χ4v) is 4.87. The normalized spacial score (nSPS) is 23.7. The van der Waals surface area contributed by atoms with Gasteiger partial charge in [0.2, 0.25) is 0 Å². The molecule has 0 amide bonds. The molecule has 23 heavy (non-hydrogen) atoms. The minimum absolute atomic E-state index is 0.239. The third-order valence-corrected chi connectivity index (χ3v) is 6.64. The smallest absolute Gasteiger partial charge is 0.112 e. The molecular weight excluding hydrogens is 308 g/mol. The zero-order valence-corrected chi connectivity index (χ0v) is 15.5. The summed E-state index contributed by atoms with van der Waals surface area (Å²) in [4.78, 5) is 0. The average molecular weight is 347 g/mol. The summed E-state index contributed by atoms with van der Waals surface area (Å²) in [6.07, 6.45) is 13.0. The maximum atomic E-state index is 10.1. The van der Waals surface area contributed by atoms with Crippen LogP contribution in [0.15, 0.2) is 0 Å². The molecule has 2 aliphatic rings. The third-order valence-electron chi connectivity index (χ3n) is 5.40. The second-order valence-corrected chi connectivity index (χ2v) is 8.66. The van der Waals surface area contributed by atoms with Crippen LogP contribution in [0, 0.1) is 0 Å².